The van der Waals surface area contributed by atoms with E-state index in [0.717, 1.165) is 12.2 Å². The molecule has 1 aromatic carbocycles. The van der Waals surface area contributed by atoms with Crippen LogP contribution in [0, 0.1) is 0 Å². The van der Waals surface area contributed by atoms with Crippen molar-refractivity contribution in [2.24, 2.45) is 0 Å². The molecule has 5 nitrogen and oxygen atoms in total. The molecule has 106 valence electrons. The molecule has 3 atom stereocenters. The number of hydrogen-bond donors (Lipinski definition) is 2. The van der Waals surface area contributed by atoms with E-state index in [0.29, 0.717) is 6.54 Å². The van der Waals surface area contributed by atoms with Crippen molar-refractivity contribution in [3.8, 4) is 5.75 Å². The summed E-state index contributed by atoms with van der Waals surface area (Å²) in [7, 11) is 3.23. The van der Waals surface area contributed by atoms with Gasteiger partial charge < -0.3 is 24.6 Å². The highest BCUT2D eigenvalue weighted by Gasteiger charge is 2.35. The zero-order valence-corrected chi connectivity index (χ0v) is 11.3. The third-order valence-electron chi connectivity index (χ3n) is 3.36. The summed E-state index contributed by atoms with van der Waals surface area (Å²) in [4.78, 5) is 0. The summed E-state index contributed by atoms with van der Waals surface area (Å²) >= 11 is 0. The Kier molecular flexibility index (Phi) is 5.15. The summed E-state index contributed by atoms with van der Waals surface area (Å²) in [6, 6.07) is 8.02. The molecule has 2 N–H and O–H groups in total. The molecule has 2 rings (SSSR count). The Hall–Kier alpha value is -1.14. The third kappa shape index (κ3) is 3.67. The fraction of sp³-hybridized carbons (Fsp3) is 0.571. The van der Waals surface area contributed by atoms with Crippen molar-refractivity contribution in [3.63, 3.8) is 0 Å². The van der Waals surface area contributed by atoms with Crippen LogP contribution in [0.25, 0.3) is 0 Å². The van der Waals surface area contributed by atoms with Gasteiger partial charge >= 0.3 is 0 Å². The van der Waals surface area contributed by atoms with Gasteiger partial charge in [0, 0.05) is 19.7 Å². The van der Waals surface area contributed by atoms with E-state index >= 15 is 0 Å². The topological polar surface area (TPSA) is 60.0 Å². The Balaban J connectivity index is 1.96. The number of methoxy groups -OCH3 is 2. The number of rotatable bonds is 6. The second kappa shape index (κ2) is 6.86. The molecule has 1 saturated heterocycles. The first-order valence-electron chi connectivity index (χ1n) is 6.39. The van der Waals surface area contributed by atoms with E-state index in [2.05, 4.69) is 5.32 Å². The maximum atomic E-state index is 9.88. The molecule has 0 bridgehead atoms. The number of ether oxygens (including phenoxy) is 3. The molecule has 1 aliphatic rings. The predicted molar refractivity (Wildman–Crippen MR) is 71.2 cm³/mol. The summed E-state index contributed by atoms with van der Waals surface area (Å²) in [5, 5.41) is 13.2. The number of benzene rings is 1. The van der Waals surface area contributed by atoms with E-state index in [4.69, 9.17) is 14.2 Å². The highest BCUT2D eigenvalue weighted by Crippen LogP contribution is 2.19. The second-order valence-electron chi connectivity index (χ2n) is 4.67. The standard InChI is InChI=1S/C14H21NO4/c1-17-9-19-14-12(15-8-13(14)16)7-10-3-5-11(18-2)6-4-10/h3-6,12-16H,7-9H2,1-2H3/t12-,13+,14+/m0/s1. The van der Waals surface area contributed by atoms with Crippen molar-refractivity contribution < 1.29 is 19.3 Å². The van der Waals surface area contributed by atoms with Crippen molar-refractivity contribution in [2.45, 2.75) is 24.7 Å². The minimum Gasteiger partial charge on any atom is -0.497 e. The van der Waals surface area contributed by atoms with Gasteiger partial charge in [-0.1, -0.05) is 12.1 Å². The molecular formula is C14H21NO4. The van der Waals surface area contributed by atoms with E-state index in [1.807, 2.05) is 24.3 Å². The van der Waals surface area contributed by atoms with Crippen LogP contribution < -0.4 is 10.1 Å². The van der Waals surface area contributed by atoms with Gasteiger partial charge in [-0.15, -0.1) is 0 Å². The summed E-state index contributed by atoms with van der Waals surface area (Å²) in [5.74, 6) is 0.843. The average Bonchev–Trinajstić information content (AvgIpc) is 2.78. The molecule has 0 unspecified atom stereocenters. The molecule has 0 radical (unpaired) electrons. The molecule has 0 amide bonds. The van der Waals surface area contributed by atoms with E-state index in [1.165, 1.54) is 5.56 Å². The summed E-state index contributed by atoms with van der Waals surface area (Å²) < 4.78 is 15.6. The molecule has 19 heavy (non-hydrogen) atoms. The van der Waals surface area contributed by atoms with E-state index in [1.54, 1.807) is 14.2 Å². The molecule has 0 saturated carbocycles. The third-order valence-corrected chi connectivity index (χ3v) is 3.36. The predicted octanol–water partition coefficient (Wildman–Crippen LogP) is 0.560. The quantitative estimate of drug-likeness (QED) is 0.738. The normalized spacial score (nSPS) is 26.6. The van der Waals surface area contributed by atoms with Gasteiger partial charge in [-0.25, -0.2) is 0 Å². The van der Waals surface area contributed by atoms with Gasteiger partial charge in [0.25, 0.3) is 0 Å². The maximum absolute atomic E-state index is 9.88. The second-order valence-corrected chi connectivity index (χ2v) is 4.67. The van der Waals surface area contributed by atoms with Gasteiger partial charge in [0.1, 0.15) is 18.6 Å². The molecular weight excluding hydrogens is 246 g/mol. The lowest BCUT2D eigenvalue weighted by Gasteiger charge is -2.21. The van der Waals surface area contributed by atoms with Crippen LogP contribution >= 0.6 is 0 Å². The SMILES string of the molecule is COCO[C@H]1[C@H](O)CN[C@H]1Cc1ccc(OC)cc1. The Morgan fingerprint density at radius 1 is 1.26 bits per heavy atom. The molecule has 1 aromatic rings. The van der Waals surface area contributed by atoms with Gasteiger partial charge in [0.05, 0.1) is 13.2 Å². The molecule has 1 heterocycles. The summed E-state index contributed by atoms with van der Waals surface area (Å²) in [5.41, 5.74) is 1.18. The van der Waals surface area contributed by atoms with Gasteiger partial charge in [-0.05, 0) is 24.1 Å². The van der Waals surface area contributed by atoms with Crippen LogP contribution in [-0.4, -0.2) is 50.9 Å². The number of aliphatic hydroxyl groups excluding tert-OH is 1. The van der Waals surface area contributed by atoms with Gasteiger partial charge in [-0.2, -0.15) is 0 Å². The molecule has 0 spiro atoms. The van der Waals surface area contributed by atoms with E-state index in [-0.39, 0.29) is 18.9 Å². The first kappa shape index (κ1) is 14.3. The summed E-state index contributed by atoms with van der Waals surface area (Å²) in [6.07, 6.45) is 0.0792. The van der Waals surface area contributed by atoms with Gasteiger partial charge in [-0.3, -0.25) is 0 Å². The zero-order valence-electron chi connectivity index (χ0n) is 11.3. The van der Waals surface area contributed by atoms with Crippen LogP contribution in [0.2, 0.25) is 0 Å². The number of hydrogen-bond acceptors (Lipinski definition) is 5. The highest BCUT2D eigenvalue weighted by molar-refractivity contribution is 5.28. The number of aliphatic hydroxyl groups is 1. The Bertz CT molecular complexity index is 382. The van der Waals surface area contributed by atoms with E-state index in [9.17, 15) is 5.11 Å². The molecule has 0 aliphatic carbocycles. The van der Waals surface area contributed by atoms with Crippen molar-refractivity contribution in [2.75, 3.05) is 27.6 Å². The maximum Gasteiger partial charge on any atom is 0.146 e. The molecule has 1 aliphatic heterocycles. The molecule has 5 heteroatoms. The minimum atomic E-state index is -0.488. The monoisotopic (exact) mass is 267 g/mol. The highest BCUT2D eigenvalue weighted by atomic mass is 16.7. The van der Waals surface area contributed by atoms with Crippen molar-refractivity contribution >= 4 is 0 Å². The first-order chi connectivity index (χ1) is 9.24. The fourth-order valence-electron chi connectivity index (χ4n) is 2.35. The molecule has 0 aromatic heterocycles. The lowest BCUT2D eigenvalue weighted by Crippen LogP contribution is -2.37. The van der Waals surface area contributed by atoms with Crippen LogP contribution in [0.5, 0.6) is 5.75 Å². The van der Waals surface area contributed by atoms with Gasteiger partial charge in [0.2, 0.25) is 0 Å². The Morgan fingerprint density at radius 2 is 2.00 bits per heavy atom. The van der Waals surface area contributed by atoms with Crippen molar-refractivity contribution in [1.82, 2.24) is 5.32 Å². The minimum absolute atomic E-state index is 0.0959. The fourth-order valence-corrected chi connectivity index (χ4v) is 2.35. The van der Waals surface area contributed by atoms with Crippen molar-refractivity contribution in [3.05, 3.63) is 29.8 Å². The van der Waals surface area contributed by atoms with Gasteiger partial charge in [0.15, 0.2) is 0 Å². The molecule has 1 fully saturated rings. The van der Waals surface area contributed by atoms with Crippen LogP contribution in [0.4, 0.5) is 0 Å². The average molecular weight is 267 g/mol. The Labute approximate surface area is 113 Å². The first-order valence-corrected chi connectivity index (χ1v) is 6.39. The van der Waals surface area contributed by atoms with Crippen molar-refractivity contribution in [1.29, 1.82) is 0 Å². The Morgan fingerprint density at radius 3 is 2.63 bits per heavy atom. The lowest BCUT2D eigenvalue weighted by atomic mass is 10.0. The zero-order chi connectivity index (χ0) is 13.7. The van der Waals surface area contributed by atoms with Crippen LogP contribution in [0.3, 0.4) is 0 Å². The largest absolute Gasteiger partial charge is 0.497 e. The van der Waals surface area contributed by atoms with Crippen LogP contribution in [0.15, 0.2) is 24.3 Å². The summed E-state index contributed by atoms with van der Waals surface area (Å²) in [6.45, 7) is 0.748. The number of β-amino-alcohol motifs (C(OH)–C–C–N with tert-alkyl or cyclic N) is 1. The number of nitrogens with one attached hydrogen (secondary N) is 1. The van der Waals surface area contributed by atoms with E-state index < -0.39 is 6.10 Å². The van der Waals surface area contributed by atoms with Crippen LogP contribution in [0.1, 0.15) is 5.56 Å². The van der Waals surface area contributed by atoms with Crippen LogP contribution in [-0.2, 0) is 15.9 Å². The lowest BCUT2D eigenvalue weighted by molar-refractivity contribution is -0.105. The smallest absolute Gasteiger partial charge is 0.146 e.